The first kappa shape index (κ1) is 12.9. The molecule has 1 saturated heterocycles. The van der Waals surface area contributed by atoms with Crippen LogP contribution in [0.4, 0.5) is 0 Å². The number of likely N-dealkylation sites (tertiary alicyclic amines) is 1. The van der Waals surface area contributed by atoms with Gasteiger partial charge >= 0.3 is 0 Å². The van der Waals surface area contributed by atoms with Crippen LogP contribution >= 0.6 is 0 Å². The summed E-state index contributed by atoms with van der Waals surface area (Å²) >= 11 is 0. The molecule has 1 aliphatic carbocycles. The molecule has 0 aromatic heterocycles. The zero-order valence-electron chi connectivity index (χ0n) is 11.0. The molecule has 17 heavy (non-hydrogen) atoms. The Kier molecular flexibility index (Phi) is 4.43. The quantitative estimate of drug-likeness (QED) is 0.817. The minimum Gasteiger partial charge on any atom is -0.338 e. The maximum Gasteiger partial charge on any atom is 0.239 e. The van der Waals surface area contributed by atoms with Gasteiger partial charge in [-0.2, -0.15) is 0 Å². The van der Waals surface area contributed by atoms with E-state index in [1.807, 2.05) is 0 Å². The second kappa shape index (κ2) is 5.85. The summed E-state index contributed by atoms with van der Waals surface area (Å²) in [6.45, 7) is 3.10. The minimum atomic E-state index is -0.254. The lowest BCUT2D eigenvalue weighted by molar-refractivity contribution is -0.134. The highest BCUT2D eigenvalue weighted by molar-refractivity contribution is 5.82. The molecule has 1 aliphatic heterocycles. The molecule has 1 amide bonds. The van der Waals surface area contributed by atoms with Gasteiger partial charge in [0, 0.05) is 12.6 Å². The minimum absolute atomic E-state index is 0.216. The molecule has 3 atom stereocenters. The van der Waals surface area contributed by atoms with Crippen molar-refractivity contribution in [3.05, 3.63) is 0 Å². The standard InChI is InChI=1S/C14H26N2O/c1-2-3-7-12(15)14(17)16-10-9-11-6-4-5-8-13(11)16/h11-13H,2-10,15H2,1H3/t11?,12-,13?/m0/s1. The van der Waals surface area contributed by atoms with Crippen molar-refractivity contribution in [1.29, 1.82) is 0 Å². The number of hydrogen-bond acceptors (Lipinski definition) is 2. The van der Waals surface area contributed by atoms with Crippen molar-refractivity contribution in [2.45, 2.75) is 70.4 Å². The fourth-order valence-corrected chi connectivity index (χ4v) is 3.44. The topological polar surface area (TPSA) is 46.3 Å². The van der Waals surface area contributed by atoms with Gasteiger partial charge in [0.2, 0.25) is 5.91 Å². The molecule has 3 heteroatoms. The molecule has 0 bridgehead atoms. The number of carbonyl (C=O) groups is 1. The smallest absolute Gasteiger partial charge is 0.239 e. The van der Waals surface area contributed by atoms with Crippen molar-refractivity contribution in [1.82, 2.24) is 4.90 Å². The van der Waals surface area contributed by atoms with Crippen molar-refractivity contribution in [2.75, 3.05) is 6.54 Å². The van der Waals surface area contributed by atoms with Gasteiger partial charge in [0.1, 0.15) is 0 Å². The normalized spacial score (nSPS) is 30.1. The van der Waals surface area contributed by atoms with Gasteiger partial charge in [0.05, 0.1) is 6.04 Å². The lowest BCUT2D eigenvalue weighted by Gasteiger charge is -2.33. The Morgan fingerprint density at radius 2 is 2.12 bits per heavy atom. The average molecular weight is 238 g/mol. The third-order valence-electron chi connectivity index (χ3n) is 4.48. The Hall–Kier alpha value is -0.570. The highest BCUT2D eigenvalue weighted by atomic mass is 16.2. The third-order valence-corrected chi connectivity index (χ3v) is 4.48. The molecular weight excluding hydrogens is 212 g/mol. The zero-order chi connectivity index (χ0) is 12.3. The monoisotopic (exact) mass is 238 g/mol. The van der Waals surface area contributed by atoms with Crippen LogP contribution in [0.3, 0.4) is 0 Å². The first-order valence-electron chi connectivity index (χ1n) is 7.30. The van der Waals surface area contributed by atoms with Crippen molar-refractivity contribution < 1.29 is 4.79 Å². The summed E-state index contributed by atoms with van der Waals surface area (Å²) in [4.78, 5) is 14.4. The maximum atomic E-state index is 12.3. The van der Waals surface area contributed by atoms with Gasteiger partial charge < -0.3 is 10.6 Å². The highest BCUT2D eigenvalue weighted by Gasteiger charge is 2.39. The van der Waals surface area contributed by atoms with Gasteiger partial charge in [-0.3, -0.25) is 4.79 Å². The van der Waals surface area contributed by atoms with E-state index in [-0.39, 0.29) is 11.9 Å². The summed E-state index contributed by atoms with van der Waals surface area (Å²) in [5.41, 5.74) is 6.01. The summed E-state index contributed by atoms with van der Waals surface area (Å²) in [6, 6.07) is 0.263. The fourth-order valence-electron chi connectivity index (χ4n) is 3.44. The fraction of sp³-hybridized carbons (Fsp3) is 0.929. The molecule has 2 N–H and O–H groups in total. The van der Waals surface area contributed by atoms with Crippen LogP contribution in [0.25, 0.3) is 0 Å². The van der Waals surface area contributed by atoms with Crippen molar-refractivity contribution in [3.8, 4) is 0 Å². The van der Waals surface area contributed by atoms with E-state index >= 15 is 0 Å². The molecule has 0 aromatic carbocycles. The second-order valence-corrected chi connectivity index (χ2v) is 5.68. The number of unbranched alkanes of at least 4 members (excludes halogenated alkanes) is 1. The van der Waals surface area contributed by atoms with Crippen LogP contribution in [0.2, 0.25) is 0 Å². The lowest BCUT2D eigenvalue weighted by Crippen LogP contribution is -2.47. The van der Waals surface area contributed by atoms with Gasteiger partial charge in [0.25, 0.3) is 0 Å². The molecule has 0 aromatic rings. The number of fused-ring (bicyclic) bond motifs is 1. The Labute approximate surface area is 105 Å². The summed E-state index contributed by atoms with van der Waals surface area (Å²) in [6.07, 6.45) is 9.40. The largest absolute Gasteiger partial charge is 0.338 e. The van der Waals surface area contributed by atoms with Crippen LogP contribution in [0.15, 0.2) is 0 Å². The van der Waals surface area contributed by atoms with Crippen LogP contribution in [0.1, 0.15) is 58.3 Å². The molecule has 0 spiro atoms. The van der Waals surface area contributed by atoms with Crippen molar-refractivity contribution in [2.24, 2.45) is 11.7 Å². The van der Waals surface area contributed by atoms with E-state index < -0.39 is 0 Å². The predicted molar refractivity (Wildman–Crippen MR) is 69.6 cm³/mol. The van der Waals surface area contributed by atoms with E-state index in [0.29, 0.717) is 6.04 Å². The van der Waals surface area contributed by atoms with E-state index in [4.69, 9.17) is 5.73 Å². The number of carbonyl (C=O) groups excluding carboxylic acids is 1. The summed E-state index contributed by atoms with van der Waals surface area (Å²) in [5, 5.41) is 0. The van der Waals surface area contributed by atoms with Gasteiger partial charge in [-0.1, -0.05) is 32.6 Å². The number of hydrogen-bond donors (Lipinski definition) is 1. The van der Waals surface area contributed by atoms with Crippen molar-refractivity contribution >= 4 is 5.91 Å². The van der Waals surface area contributed by atoms with Crippen LogP contribution in [0.5, 0.6) is 0 Å². The molecular formula is C14H26N2O. The summed E-state index contributed by atoms with van der Waals surface area (Å²) in [5.74, 6) is 0.985. The van der Waals surface area contributed by atoms with E-state index in [1.165, 1.54) is 32.1 Å². The Morgan fingerprint density at radius 3 is 2.88 bits per heavy atom. The number of nitrogens with two attached hydrogens (primary N) is 1. The Morgan fingerprint density at radius 1 is 1.35 bits per heavy atom. The summed E-state index contributed by atoms with van der Waals surface area (Å²) < 4.78 is 0. The lowest BCUT2D eigenvalue weighted by atomic mass is 9.85. The average Bonchev–Trinajstić information content (AvgIpc) is 2.78. The summed E-state index contributed by atoms with van der Waals surface area (Å²) in [7, 11) is 0. The Balaban J connectivity index is 1.90. The first-order chi connectivity index (χ1) is 8.24. The molecule has 2 fully saturated rings. The molecule has 3 nitrogen and oxygen atoms in total. The molecule has 2 rings (SSSR count). The first-order valence-corrected chi connectivity index (χ1v) is 7.30. The van der Waals surface area contributed by atoms with Gasteiger partial charge in [0.15, 0.2) is 0 Å². The van der Waals surface area contributed by atoms with Crippen LogP contribution < -0.4 is 5.73 Å². The molecule has 98 valence electrons. The van der Waals surface area contributed by atoms with Gasteiger partial charge in [-0.05, 0) is 31.6 Å². The van der Waals surface area contributed by atoms with Gasteiger partial charge in [-0.25, -0.2) is 0 Å². The van der Waals surface area contributed by atoms with Crippen LogP contribution in [0, 0.1) is 5.92 Å². The molecule has 2 unspecified atom stereocenters. The van der Waals surface area contributed by atoms with E-state index in [9.17, 15) is 4.79 Å². The third kappa shape index (κ3) is 2.82. The maximum absolute atomic E-state index is 12.3. The van der Waals surface area contributed by atoms with E-state index in [2.05, 4.69) is 11.8 Å². The van der Waals surface area contributed by atoms with Crippen molar-refractivity contribution in [3.63, 3.8) is 0 Å². The number of nitrogens with zero attached hydrogens (tertiary/aromatic N) is 1. The second-order valence-electron chi connectivity index (χ2n) is 5.68. The predicted octanol–water partition coefficient (Wildman–Crippen LogP) is 2.29. The molecule has 1 saturated carbocycles. The van der Waals surface area contributed by atoms with E-state index in [0.717, 1.165) is 31.7 Å². The van der Waals surface area contributed by atoms with Crippen LogP contribution in [-0.4, -0.2) is 29.4 Å². The van der Waals surface area contributed by atoms with E-state index in [1.54, 1.807) is 0 Å². The number of amides is 1. The van der Waals surface area contributed by atoms with Gasteiger partial charge in [-0.15, -0.1) is 0 Å². The Bertz CT molecular complexity index is 267. The highest BCUT2D eigenvalue weighted by Crippen LogP contribution is 2.36. The SMILES string of the molecule is CCCC[C@H](N)C(=O)N1CCC2CCCCC21. The molecule has 1 heterocycles. The zero-order valence-corrected chi connectivity index (χ0v) is 11.0. The van der Waals surface area contributed by atoms with Crippen LogP contribution in [-0.2, 0) is 4.79 Å². The number of rotatable bonds is 4. The molecule has 0 radical (unpaired) electrons. The molecule has 2 aliphatic rings.